The lowest BCUT2D eigenvalue weighted by molar-refractivity contribution is -0.274. The average Bonchev–Trinajstić information content (AvgIpc) is 3.26. The average molecular weight is 412 g/mol. The summed E-state index contributed by atoms with van der Waals surface area (Å²) < 4.78 is 40.4. The Balaban J connectivity index is 1.52. The SMILES string of the molecule is O=C(Cc1cnc(-c2ccc(OC(F)(F)F)cc2)s1)NCCc1cccs1. The van der Waals surface area contributed by atoms with Gasteiger partial charge in [-0.3, -0.25) is 4.79 Å². The van der Waals surface area contributed by atoms with Crippen LogP contribution in [0.25, 0.3) is 10.6 Å². The van der Waals surface area contributed by atoms with Crippen molar-refractivity contribution in [3.63, 3.8) is 0 Å². The van der Waals surface area contributed by atoms with Crippen molar-refractivity contribution < 1.29 is 22.7 Å². The van der Waals surface area contributed by atoms with Gasteiger partial charge >= 0.3 is 6.36 Å². The number of ether oxygens (including phenoxy) is 1. The molecular formula is C18H15F3N2O2S2. The fourth-order valence-electron chi connectivity index (χ4n) is 2.32. The van der Waals surface area contributed by atoms with E-state index in [1.54, 1.807) is 17.5 Å². The van der Waals surface area contributed by atoms with Crippen LogP contribution in [0, 0.1) is 0 Å². The van der Waals surface area contributed by atoms with Gasteiger partial charge in [-0.1, -0.05) is 6.07 Å². The van der Waals surface area contributed by atoms with Gasteiger partial charge in [-0.15, -0.1) is 35.8 Å². The molecule has 2 aromatic heterocycles. The van der Waals surface area contributed by atoms with Gasteiger partial charge in [-0.05, 0) is 42.1 Å². The van der Waals surface area contributed by atoms with Crippen LogP contribution in [0.15, 0.2) is 48.0 Å². The lowest BCUT2D eigenvalue weighted by Crippen LogP contribution is -2.26. The molecule has 142 valence electrons. The Morgan fingerprint density at radius 3 is 2.59 bits per heavy atom. The molecule has 0 radical (unpaired) electrons. The maximum atomic E-state index is 12.2. The molecular weight excluding hydrogens is 397 g/mol. The van der Waals surface area contributed by atoms with Crippen molar-refractivity contribution in [3.05, 3.63) is 57.7 Å². The van der Waals surface area contributed by atoms with Crippen LogP contribution in [0.2, 0.25) is 0 Å². The summed E-state index contributed by atoms with van der Waals surface area (Å²) in [7, 11) is 0. The van der Waals surface area contributed by atoms with Crippen LogP contribution in [-0.2, 0) is 17.6 Å². The molecule has 0 atom stereocenters. The highest BCUT2D eigenvalue weighted by molar-refractivity contribution is 7.15. The summed E-state index contributed by atoms with van der Waals surface area (Å²) in [5.74, 6) is -0.371. The summed E-state index contributed by atoms with van der Waals surface area (Å²) in [5.41, 5.74) is 0.666. The lowest BCUT2D eigenvalue weighted by atomic mass is 10.2. The third kappa shape index (κ3) is 6.07. The van der Waals surface area contributed by atoms with Crippen molar-refractivity contribution in [2.24, 2.45) is 0 Å². The van der Waals surface area contributed by atoms with Gasteiger partial charge in [0.1, 0.15) is 10.8 Å². The Hall–Kier alpha value is -2.39. The van der Waals surface area contributed by atoms with E-state index in [4.69, 9.17) is 0 Å². The number of halogens is 3. The fourth-order valence-corrected chi connectivity index (χ4v) is 3.95. The van der Waals surface area contributed by atoms with E-state index in [0.717, 1.165) is 11.3 Å². The molecule has 0 spiro atoms. The highest BCUT2D eigenvalue weighted by Crippen LogP contribution is 2.29. The molecule has 0 unspecified atom stereocenters. The van der Waals surface area contributed by atoms with E-state index in [1.165, 1.54) is 40.5 Å². The number of carbonyl (C=O) groups is 1. The minimum Gasteiger partial charge on any atom is -0.406 e. The first kappa shape index (κ1) is 19.4. The van der Waals surface area contributed by atoms with Crippen molar-refractivity contribution >= 4 is 28.6 Å². The molecule has 0 saturated carbocycles. The van der Waals surface area contributed by atoms with Gasteiger partial charge in [0, 0.05) is 28.1 Å². The first-order valence-corrected chi connectivity index (χ1v) is 9.68. The Morgan fingerprint density at radius 2 is 1.93 bits per heavy atom. The number of alkyl halides is 3. The number of aromatic nitrogens is 1. The van der Waals surface area contributed by atoms with Gasteiger partial charge < -0.3 is 10.1 Å². The van der Waals surface area contributed by atoms with Crippen LogP contribution >= 0.6 is 22.7 Å². The molecule has 0 bridgehead atoms. The monoisotopic (exact) mass is 412 g/mol. The van der Waals surface area contributed by atoms with Gasteiger partial charge in [0.25, 0.3) is 0 Å². The van der Waals surface area contributed by atoms with Crippen LogP contribution in [0.1, 0.15) is 9.75 Å². The van der Waals surface area contributed by atoms with Crippen molar-refractivity contribution in [2.75, 3.05) is 6.54 Å². The molecule has 3 rings (SSSR count). The molecule has 3 aromatic rings. The topological polar surface area (TPSA) is 51.2 Å². The van der Waals surface area contributed by atoms with Crippen LogP contribution in [0.3, 0.4) is 0 Å². The molecule has 1 aromatic carbocycles. The summed E-state index contributed by atoms with van der Waals surface area (Å²) in [6.07, 6.45) is -2.09. The normalized spacial score (nSPS) is 11.4. The van der Waals surface area contributed by atoms with E-state index in [9.17, 15) is 18.0 Å². The smallest absolute Gasteiger partial charge is 0.406 e. The van der Waals surface area contributed by atoms with Crippen LogP contribution in [0.5, 0.6) is 5.75 Å². The molecule has 1 amide bonds. The standard InChI is InChI=1S/C18H15F3N2O2S2/c19-18(20,21)25-13-5-3-12(4-6-13)17-23-11-15(27-17)10-16(24)22-8-7-14-2-1-9-26-14/h1-6,9,11H,7-8,10H2,(H,22,24). The summed E-state index contributed by atoms with van der Waals surface area (Å²) >= 11 is 2.98. The quantitative estimate of drug-likeness (QED) is 0.614. The number of benzene rings is 1. The van der Waals surface area contributed by atoms with E-state index in [2.05, 4.69) is 15.0 Å². The van der Waals surface area contributed by atoms with Crippen LogP contribution in [0.4, 0.5) is 13.2 Å². The minimum atomic E-state index is -4.72. The maximum absolute atomic E-state index is 12.2. The van der Waals surface area contributed by atoms with Crippen molar-refractivity contribution in [2.45, 2.75) is 19.2 Å². The second-order valence-corrected chi connectivity index (χ2v) is 7.71. The number of carbonyl (C=O) groups excluding carboxylic acids is 1. The molecule has 2 heterocycles. The first-order valence-electron chi connectivity index (χ1n) is 7.99. The zero-order valence-corrected chi connectivity index (χ0v) is 15.6. The third-order valence-electron chi connectivity index (χ3n) is 3.50. The van der Waals surface area contributed by atoms with Gasteiger partial charge in [0.2, 0.25) is 5.91 Å². The zero-order chi connectivity index (χ0) is 19.3. The second-order valence-electron chi connectivity index (χ2n) is 5.56. The van der Waals surface area contributed by atoms with Gasteiger partial charge in [-0.2, -0.15) is 0 Å². The number of thiazole rings is 1. The largest absolute Gasteiger partial charge is 0.573 e. The molecule has 9 heteroatoms. The highest BCUT2D eigenvalue weighted by Gasteiger charge is 2.31. The van der Waals surface area contributed by atoms with Gasteiger partial charge in [0.05, 0.1) is 6.42 Å². The highest BCUT2D eigenvalue weighted by atomic mass is 32.1. The van der Waals surface area contributed by atoms with Crippen LogP contribution < -0.4 is 10.1 Å². The number of thiophene rings is 1. The number of nitrogens with zero attached hydrogens (tertiary/aromatic N) is 1. The summed E-state index contributed by atoms with van der Waals surface area (Å²) in [5, 5.41) is 5.50. The first-order chi connectivity index (χ1) is 12.9. The predicted octanol–water partition coefficient (Wildman–Crippen LogP) is 4.67. The summed E-state index contributed by atoms with van der Waals surface area (Å²) in [6.45, 7) is 0.575. The number of nitrogens with one attached hydrogen (secondary N) is 1. The van der Waals surface area contributed by atoms with E-state index < -0.39 is 6.36 Å². The summed E-state index contributed by atoms with van der Waals surface area (Å²) in [4.78, 5) is 18.3. The van der Waals surface area contributed by atoms with Gasteiger partial charge in [-0.25, -0.2) is 4.98 Å². The predicted molar refractivity (Wildman–Crippen MR) is 99.0 cm³/mol. The Bertz CT molecular complexity index is 875. The second kappa shape index (κ2) is 8.53. The molecule has 0 aliphatic heterocycles. The lowest BCUT2D eigenvalue weighted by Gasteiger charge is -2.08. The Kier molecular flexibility index (Phi) is 6.12. The third-order valence-corrected chi connectivity index (χ3v) is 5.48. The van der Waals surface area contributed by atoms with Crippen LogP contribution in [-0.4, -0.2) is 23.8 Å². The summed E-state index contributed by atoms with van der Waals surface area (Å²) in [6, 6.07) is 9.48. The van der Waals surface area contributed by atoms with Crippen molar-refractivity contribution in [1.82, 2.24) is 10.3 Å². The molecule has 0 fully saturated rings. The number of rotatable bonds is 7. The Labute approximate surface area is 161 Å². The number of hydrogen-bond acceptors (Lipinski definition) is 5. The number of amides is 1. The molecule has 1 N–H and O–H groups in total. The van der Waals surface area contributed by atoms with E-state index in [0.29, 0.717) is 17.1 Å². The molecule has 0 aliphatic rings. The minimum absolute atomic E-state index is 0.0873. The molecule has 27 heavy (non-hydrogen) atoms. The van der Waals surface area contributed by atoms with Crippen molar-refractivity contribution in [1.29, 1.82) is 0 Å². The zero-order valence-electron chi connectivity index (χ0n) is 14.0. The molecule has 0 aliphatic carbocycles. The van der Waals surface area contributed by atoms with E-state index >= 15 is 0 Å². The number of hydrogen-bond donors (Lipinski definition) is 1. The van der Waals surface area contributed by atoms with E-state index in [-0.39, 0.29) is 18.1 Å². The maximum Gasteiger partial charge on any atom is 0.573 e. The molecule has 4 nitrogen and oxygen atoms in total. The van der Waals surface area contributed by atoms with Crippen molar-refractivity contribution in [3.8, 4) is 16.3 Å². The van der Waals surface area contributed by atoms with E-state index in [1.807, 2.05) is 17.5 Å². The van der Waals surface area contributed by atoms with Gasteiger partial charge in [0.15, 0.2) is 0 Å². The molecule has 0 saturated heterocycles. The Morgan fingerprint density at radius 1 is 1.15 bits per heavy atom. The fraction of sp³-hybridized carbons (Fsp3) is 0.222.